The number of anilines is 2. The number of hydrogen-bond acceptors (Lipinski definition) is 4. The SMILES string of the molecule is CC(C)C(=O)Nc1cc2c(/C=C/c3ccccc3)n[nH]c2cc1N1CCN(C)CC1. The number of amides is 1. The lowest BCUT2D eigenvalue weighted by Crippen LogP contribution is -2.44. The third kappa shape index (κ3) is 4.39. The number of rotatable bonds is 5. The lowest BCUT2D eigenvalue weighted by molar-refractivity contribution is -0.118. The molecule has 2 N–H and O–H groups in total. The van der Waals surface area contributed by atoms with Crippen molar-refractivity contribution in [2.75, 3.05) is 43.4 Å². The number of fused-ring (bicyclic) bond motifs is 1. The van der Waals surface area contributed by atoms with Crippen molar-refractivity contribution in [3.8, 4) is 0 Å². The number of piperazine rings is 1. The molecule has 1 aliphatic heterocycles. The predicted molar refractivity (Wildman–Crippen MR) is 125 cm³/mol. The van der Waals surface area contributed by atoms with Crippen LogP contribution in [0.5, 0.6) is 0 Å². The van der Waals surface area contributed by atoms with Crippen LogP contribution in [0, 0.1) is 5.92 Å². The maximum absolute atomic E-state index is 12.5. The summed E-state index contributed by atoms with van der Waals surface area (Å²) in [5.74, 6) is -0.0579. The van der Waals surface area contributed by atoms with E-state index in [1.807, 2.05) is 38.1 Å². The fourth-order valence-electron chi connectivity index (χ4n) is 3.63. The largest absolute Gasteiger partial charge is 0.367 e. The summed E-state index contributed by atoms with van der Waals surface area (Å²) in [6.45, 7) is 7.70. The van der Waals surface area contributed by atoms with Gasteiger partial charge in [0, 0.05) is 37.5 Å². The Bertz CT molecular complexity index is 1050. The Balaban J connectivity index is 1.72. The molecule has 3 aromatic rings. The molecule has 4 rings (SSSR count). The van der Waals surface area contributed by atoms with Gasteiger partial charge in [-0.05, 0) is 30.8 Å². The number of nitrogens with zero attached hydrogens (tertiary/aromatic N) is 3. The molecular weight excluding hydrogens is 374 g/mol. The van der Waals surface area contributed by atoms with E-state index in [1.54, 1.807) is 0 Å². The highest BCUT2D eigenvalue weighted by molar-refractivity contribution is 6.01. The molecule has 0 saturated carbocycles. The zero-order valence-electron chi connectivity index (χ0n) is 17.9. The van der Waals surface area contributed by atoms with Crippen molar-refractivity contribution in [2.45, 2.75) is 13.8 Å². The number of carbonyl (C=O) groups is 1. The molecule has 0 atom stereocenters. The van der Waals surface area contributed by atoms with Crippen molar-refractivity contribution < 1.29 is 4.79 Å². The molecule has 1 aromatic heterocycles. The van der Waals surface area contributed by atoms with E-state index in [2.05, 4.69) is 62.7 Å². The van der Waals surface area contributed by atoms with Crippen LogP contribution in [0.3, 0.4) is 0 Å². The summed E-state index contributed by atoms with van der Waals surface area (Å²) in [4.78, 5) is 17.2. The van der Waals surface area contributed by atoms with E-state index in [1.165, 1.54) is 0 Å². The van der Waals surface area contributed by atoms with Crippen molar-refractivity contribution in [3.63, 3.8) is 0 Å². The molecule has 6 nitrogen and oxygen atoms in total. The topological polar surface area (TPSA) is 64.3 Å². The normalized spacial score (nSPS) is 15.4. The van der Waals surface area contributed by atoms with E-state index < -0.39 is 0 Å². The molecule has 1 fully saturated rings. The van der Waals surface area contributed by atoms with Crippen LogP contribution in [-0.4, -0.2) is 54.2 Å². The minimum absolute atomic E-state index is 0.0228. The number of nitrogens with one attached hydrogen (secondary N) is 2. The number of likely N-dealkylation sites (N-methyl/N-ethyl adjacent to an activating group) is 1. The van der Waals surface area contributed by atoms with Crippen LogP contribution in [0.2, 0.25) is 0 Å². The first-order valence-corrected chi connectivity index (χ1v) is 10.5. The van der Waals surface area contributed by atoms with E-state index in [4.69, 9.17) is 0 Å². The number of aromatic nitrogens is 2. The first-order chi connectivity index (χ1) is 14.5. The molecule has 2 heterocycles. The van der Waals surface area contributed by atoms with Crippen molar-refractivity contribution in [1.29, 1.82) is 0 Å². The molecule has 1 amide bonds. The molecule has 156 valence electrons. The molecular formula is C24H29N5O. The Morgan fingerprint density at radius 2 is 1.83 bits per heavy atom. The maximum atomic E-state index is 12.5. The van der Waals surface area contributed by atoms with E-state index in [9.17, 15) is 4.79 Å². The van der Waals surface area contributed by atoms with E-state index in [0.717, 1.165) is 59.7 Å². The van der Waals surface area contributed by atoms with Gasteiger partial charge in [0.2, 0.25) is 5.91 Å². The first-order valence-electron chi connectivity index (χ1n) is 10.5. The van der Waals surface area contributed by atoms with Crippen molar-refractivity contribution in [3.05, 3.63) is 53.7 Å². The van der Waals surface area contributed by atoms with E-state index in [-0.39, 0.29) is 11.8 Å². The summed E-state index contributed by atoms with van der Waals surface area (Å²) in [6, 6.07) is 14.3. The van der Waals surface area contributed by atoms with Gasteiger partial charge in [0.05, 0.1) is 22.6 Å². The Hall–Kier alpha value is -3.12. The third-order valence-corrected chi connectivity index (χ3v) is 5.57. The quantitative estimate of drug-likeness (QED) is 0.674. The van der Waals surface area contributed by atoms with Crippen LogP contribution in [0.4, 0.5) is 11.4 Å². The Labute approximate surface area is 177 Å². The highest BCUT2D eigenvalue weighted by Gasteiger charge is 2.20. The van der Waals surface area contributed by atoms with Crippen LogP contribution < -0.4 is 10.2 Å². The summed E-state index contributed by atoms with van der Waals surface area (Å²) >= 11 is 0. The lowest BCUT2D eigenvalue weighted by atomic mass is 10.1. The van der Waals surface area contributed by atoms with Gasteiger partial charge in [-0.3, -0.25) is 9.89 Å². The number of H-pyrrole nitrogens is 1. The summed E-state index contributed by atoms with van der Waals surface area (Å²) in [6.07, 6.45) is 4.06. The second-order valence-electron chi connectivity index (χ2n) is 8.20. The molecule has 0 aliphatic carbocycles. The van der Waals surface area contributed by atoms with Gasteiger partial charge >= 0.3 is 0 Å². The van der Waals surface area contributed by atoms with Crippen LogP contribution in [-0.2, 0) is 4.79 Å². The molecule has 0 radical (unpaired) electrons. The smallest absolute Gasteiger partial charge is 0.226 e. The van der Waals surface area contributed by atoms with Gasteiger partial charge in [-0.15, -0.1) is 0 Å². The zero-order chi connectivity index (χ0) is 21.1. The summed E-state index contributed by atoms with van der Waals surface area (Å²) in [5, 5.41) is 11.8. The monoisotopic (exact) mass is 403 g/mol. The van der Waals surface area contributed by atoms with Gasteiger partial charge in [0.15, 0.2) is 0 Å². The number of hydrogen-bond donors (Lipinski definition) is 2. The minimum atomic E-state index is -0.0807. The summed E-state index contributed by atoms with van der Waals surface area (Å²) in [5.41, 5.74) is 4.85. The minimum Gasteiger partial charge on any atom is -0.367 e. The summed E-state index contributed by atoms with van der Waals surface area (Å²) in [7, 11) is 2.14. The number of aromatic amines is 1. The first kappa shape index (κ1) is 20.2. The van der Waals surface area contributed by atoms with Crippen LogP contribution in [0.15, 0.2) is 42.5 Å². The predicted octanol–water partition coefficient (Wildman–Crippen LogP) is 4.08. The molecule has 0 bridgehead atoms. The second-order valence-corrected chi connectivity index (χ2v) is 8.20. The Morgan fingerprint density at radius 1 is 1.10 bits per heavy atom. The molecule has 30 heavy (non-hydrogen) atoms. The fourth-order valence-corrected chi connectivity index (χ4v) is 3.63. The Morgan fingerprint density at radius 3 is 2.53 bits per heavy atom. The third-order valence-electron chi connectivity index (χ3n) is 5.57. The zero-order valence-corrected chi connectivity index (χ0v) is 17.9. The molecule has 2 aromatic carbocycles. The number of benzene rings is 2. The van der Waals surface area contributed by atoms with Gasteiger partial charge in [-0.2, -0.15) is 5.10 Å². The lowest BCUT2D eigenvalue weighted by Gasteiger charge is -2.35. The van der Waals surface area contributed by atoms with E-state index in [0.29, 0.717) is 0 Å². The molecule has 1 saturated heterocycles. The highest BCUT2D eigenvalue weighted by Crippen LogP contribution is 2.33. The van der Waals surface area contributed by atoms with Gasteiger partial charge in [0.25, 0.3) is 0 Å². The Kier molecular flexibility index (Phi) is 5.86. The van der Waals surface area contributed by atoms with Crippen molar-refractivity contribution >= 4 is 40.3 Å². The van der Waals surface area contributed by atoms with Gasteiger partial charge in [0.1, 0.15) is 0 Å². The highest BCUT2D eigenvalue weighted by atomic mass is 16.1. The van der Waals surface area contributed by atoms with Crippen LogP contribution in [0.25, 0.3) is 23.1 Å². The van der Waals surface area contributed by atoms with Crippen molar-refractivity contribution in [2.24, 2.45) is 5.92 Å². The molecule has 0 spiro atoms. The average molecular weight is 404 g/mol. The van der Waals surface area contributed by atoms with Gasteiger partial charge in [-0.25, -0.2) is 0 Å². The fraction of sp³-hybridized carbons (Fsp3) is 0.333. The molecule has 1 aliphatic rings. The molecule has 0 unspecified atom stereocenters. The number of carbonyl (C=O) groups excluding carboxylic acids is 1. The molecule has 6 heteroatoms. The van der Waals surface area contributed by atoms with Crippen molar-refractivity contribution in [1.82, 2.24) is 15.1 Å². The van der Waals surface area contributed by atoms with Gasteiger partial charge < -0.3 is 15.1 Å². The van der Waals surface area contributed by atoms with Crippen LogP contribution in [0.1, 0.15) is 25.1 Å². The van der Waals surface area contributed by atoms with E-state index >= 15 is 0 Å². The van der Waals surface area contributed by atoms with Gasteiger partial charge in [-0.1, -0.05) is 50.3 Å². The standard InChI is InChI=1S/C24H29N5O/c1-17(2)24(30)25-22-15-19-20(10-9-18-7-5-4-6-8-18)26-27-21(19)16-23(22)29-13-11-28(3)12-14-29/h4-10,15-17H,11-14H2,1-3H3,(H,25,30)(H,26,27)/b10-9+. The van der Waals surface area contributed by atoms with Crippen LogP contribution >= 0.6 is 0 Å². The maximum Gasteiger partial charge on any atom is 0.226 e. The summed E-state index contributed by atoms with van der Waals surface area (Å²) < 4.78 is 0. The second kappa shape index (κ2) is 8.71. The average Bonchev–Trinajstić information content (AvgIpc) is 3.15.